The number of ether oxygens (including phenoxy) is 2. The minimum atomic E-state index is -0.460. The van der Waals surface area contributed by atoms with E-state index in [9.17, 15) is 9.90 Å². The van der Waals surface area contributed by atoms with Gasteiger partial charge < -0.3 is 19.9 Å². The Kier molecular flexibility index (Phi) is 6.09. The SMILES string of the molecule is COc1ccc(O)cc1C#CCCNC(=O)OCC1c2ccccc2-c2ccccc21. The lowest BCUT2D eigenvalue weighted by atomic mass is 9.98. The van der Waals surface area contributed by atoms with Gasteiger partial charge in [0.2, 0.25) is 0 Å². The summed E-state index contributed by atoms with van der Waals surface area (Å²) in [5.74, 6) is 6.68. The Hall–Kier alpha value is -3.91. The number of benzene rings is 3. The summed E-state index contributed by atoms with van der Waals surface area (Å²) in [5.41, 5.74) is 5.36. The molecule has 0 radical (unpaired) electrons. The van der Waals surface area contributed by atoms with Gasteiger partial charge >= 0.3 is 6.09 Å². The van der Waals surface area contributed by atoms with E-state index in [0.29, 0.717) is 24.3 Å². The van der Waals surface area contributed by atoms with E-state index in [1.54, 1.807) is 25.3 Å². The van der Waals surface area contributed by atoms with Gasteiger partial charge in [0.25, 0.3) is 0 Å². The van der Waals surface area contributed by atoms with Gasteiger partial charge in [-0.25, -0.2) is 4.79 Å². The highest BCUT2D eigenvalue weighted by atomic mass is 16.5. The summed E-state index contributed by atoms with van der Waals surface area (Å²) >= 11 is 0. The van der Waals surface area contributed by atoms with Crippen molar-refractivity contribution >= 4 is 6.09 Å². The van der Waals surface area contributed by atoms with Crippen LogP contribution < -0.4 is 10.1 Å². The molecule has 156 valence electrons. The molecule has 0 unspecified atom stereocenters. The number of methoxy groups -OCH3 is 1. The van der Waals surface area contributed by atoms with Crippen LogP contribution in [0.25, 0.3) is 11.1 Å². The fourth-order valence-electron chi connectivity index (χ4n) is 3.83. The van der Waals surface area contributed by atoms with Crippen molar-refractivity contribution in [3.05, 3.63) is 83.4 Å². The van der Waals surface area contributed by atoms with Gasteiger partial charge in [0.15, 0.2) is 0 Å². The highest BCUT2D eigenvalue weighted by molar-refractivity contribution is 5.79. The van der Waals surface area contributed by atoms with Crippen molar-refractivity contribution in [3.8, 4) is 34.5 Å². The van der Waals surface area contributed by atoms with Gasteiger partial charge in [0.1, 0.15) is 18.1 Å². The summed E-state index contributed by atoms with van der Waals surface area (Å²) in [5, 5.41) is 12.3. The number of carbonyl (C=O) groups excluding carboxylic acids is 1. The highest BCUT2D eigenvalue weighted by Crippen LogP contribution is 2.44. The molecule has 5 nitrogen and oxygen atoms in total. The van der Waals surface area contributed by atoms with Crippen molar-refractivity contribution in [3.63, 3.8) is 0 Å². The van der Waals surface area contributed by atoms with Crippen LogP contribution in [0.15, 0.2) is 66.7 Å². The molecule has 0 bridgehead atoms. The molecule has 2 N–H and O–H groups in total. The number of phenolic OH excluding ortho intramolecular Hbond substituents is 1. The maximum Gasteiger partial charge on any atom is 0.407 e. The van der Waals surface area contributed by atoms with Crippen molar-refractivity contribution in [1.82, 2.24) is 5.32 Å². The zero-order valence-electron chi connectivity index (χ0n) is 17.2. The third-order valence-electron chi connectivity index (χ3n) is 5.27. The predicted molar refractivity (Wildman–Crippen MR) is 119 cm³/mol. The van der Waals surface area contributed by atoms with Gasteiger partial charge in [-0.15, -0.1) is 0 Å². The van der Waals surface area contributed by atoms with Crippen LogP contribution >= 0.6 is 0 Å². The summed E-state index contributed by atoms with van der Waals surface area (Å²) in [4.78, 5) is 12.2. The summed E-state index contributed by atoms with van der Waals surface area (Å²) in [6.07, 6.45) is -0.0122. The number of phenols is 1. The largest absolute Gasteiger partial charge is 0.508 e. The van der Waals surface area contributed by atoms with E-state index in [1.165, 1.54) is 22.3 Å². The van der Waals surface area contributed by atoms with E-state index in [-0.39, 0.29) is 18.3 Å². The molecular formula is C26H23NO4. The molecular weight excluding hydrogens is 390 g/mol. The first kappa shape index (κ1) is 20.4. The van der Waals surface area contributed by atoms with Crippen LogP contribution in [0.1, 0.15) is 29.0 Å². The van der Waals surface area contributed by atoms with Gasteiger partial charge in [0.05, 0.1) is 12.7 Å². The number of hydrogen-bond acceptors (Lipinski definition) is 4. The van der Waals surface area contributed by atoms with E-state index in [4.69, 9.17) is 9.47 Å². The zero-order chi connectivity index (χ0) is 21.6. The smallest absolute Gasteiger partial charge is 0.407 e. The maximum atomic E-state index is 12.2. The van der Waals surface area contributed by atoms with Crippen molar-refractivity contribution in [2.24, 2.45) is 0 Å². The number of rotatable bonds is 5. The van der Waals surface area contributed by atoms with Crippen LogP contribution in [-0.2, 0) is 4.74 Å². The quantitative estimate of drug-likeness (QED) is 0.471. The lowest BCUT2D eigenvalue weighted by Crippen LogP contribution is -2.26. The third kappa shape index (κ3) is 4.49. The minimum absolute atomic E-state index is 0.0381. The van der Waals surface area contributed by atoms with Crippen LogP contribution in [0, 0.1) is 11.8 Å². The second kappa shape index (κ2) is 9.27. The summed E-state index contributed by atoms with van der Waals surface area (Å²) in [6, 6.07) is 21.2. The molecule has 0 aliphatic heterocycles. The van der Waals surface area contributed by atoms with Crippen molar-refractivity contribution in [1.29, 1.82) is 0 Å². The number of aromatic hydroxyl groups is 1. The summed E-state index contributed by atoms with van der Waals surface area (Å²) in [7, 11) is 1.55. The first-order valence-electron chi connectivity index (χ1n) is 10.1. The molecule has 0 aromatic heterocycles. The molecule has 31 heavy (non-hydrogen) atoms. The first-order valence-corrected chi connectivity index (χ1v) is 10.1. The number of hydrogen-bond donors (Lipinski definition) is 2. The van der Waals surface area contributed by atoms with E-state index in [2.05, 4.69) is 41.4 Å². The normalized spacial score (nSPS) is 11.6. The molecule has 0 saturated heterocycles. The standard InChI is InChI=1S/C26H23NO4/c1-30-25-14-13-19(28)16-18(25)8-6-7-15-27-26(29)31-17-24-22-11-4-2-9-20(22)21-10-3-5-12-23(21)24/h2-5,9-14,16,24,28H,7,15,17H2,1H3,(H,27,29). The second-order valence-corrected chi connectivity index (χ2v) is 7.19. The van der Waals surface area contributed by atoms with Crippen molar-refractivity contribution in [2.45, 2.75) is 12.3 Å². The Labute approximate surface area is 181 Å². The third-order valence-corrected chi connectivity index (χ3v) is 5.27. The maximum absolute atomic E-state index is 12.2. The lowest BCUT2D eigenvalue weighted by molar-refractivity contribution is 0.143. The molecule has 1 amide bonds. The minimum Gasteiger partial charge on any atom is -0.508 e. The monoisotopic (exact) mass is 413 g/mol. The second-order valence-electron chi connectivity index (χ2n) is 7.19. The molecule has 1 aliphatic rings. The zero-order valence-corrected chi connectivity index (χ0v) is 17.2. The molecule has 3 aromatic carbocycles. The summed E-state index contributed by atoms with van der Waals surface area (Å²) < 4.78 is 10.7. The van der Waals surface area contributed by atoms with E-state index < -0.39 is 6.09 Å². The molecule has 3 aromatic rings. The first-order chi connectivity index (χ1) is 15.2. The van der Waals surface area contributed by atoms with E-state index in [1.807, 2.05) is 24.3 Å². The molecule has 0 atom stereocenters. The Morgan fingerprint density at radius 1 is 1.03 bits per heavy atom. The average molecular weight is 413 g/mol. The van der Waals surface area contributed by atoms with Gasteiger partial charge in [-0.3, -0.25) is 0 Å². The topological polar surface area (TPSA) is 67.8 Å². The molecule has 0 spiro atoms. The lowest BCUT2D eigenvalue weighted by Gasteiger charge is -2.14. The number of fused-ring (bicyclic) bond motifs is 3. The fourth-order valence-corrected chi connectivity index (χ4v) is 3.83. The Balaban J connectivity index is 1.30. The highest BCUT2D eigenvalue weighted by Gasteiger charge is 2.28. The van der Waals surface area contributed by atoms with Crippen LogP contribution in [0.5, 0.6) is 11.5 Å². The predicted octanol–water partition coefficient (Wildman–Crippen LogP) is 4.68. The van der Waals surface area contributed by atoms with Gasteiger partial charge in [-0.1, -0.05) is 60.4 Å². The van der Waals surface area contributed by atoms with Crippen molar-refractivity contribution < 1.29 is 19.4 Å². The average Bonchev–Trinajstić information content (AvgIpc) is 3.11. The number of alkyl carbamates (subject to hydrolysis) is 1. The van der Waals surface area contributed by atoms with Gasteiger partial charge in [0, 0.05) is 18.9 Å². The van der Waals surface area contributed by atoms with Crippen molar-refractivity contribution in [2.75, 3.05) is 20.3 Å². The number of amides is 1. The van der Waals surface area contributed by atoms with E-state index >= 15 is 0 Å². The molecule has 1 aliphatic carbocycles. The fraction of sp³-hybridized carbons (Fsp3) is 0.192. The molecule has 0 fully saturated rings. The Morgan fingerprint density at radius 3 is 2.39 bits per heavy atom. The molecule has 4 rings (SSSR count). The Morgan fingerprint density at radius 2 is 1.71 bits per heavy atom. The van der Waals surface area contributed by atoms with Crippen LogP contribution in [-0.4, -0.2) is 31.5 Å². The van der Waals surface area contributed by atoms with E-state index in [0.717, 1.165) is 0 Å². The molecule has 0 heterocycles. The number of carbonyl (C=O) groups is 1. The number of nitrogens with one attached hydrogen (secondary N) is 1. The molecule has 0 saturated carbocycles. The van der Waals surface area contributed by atoms with Gasteiger partial charge in [-0.05, 0) is 40.5 Å². The van der Waals surface area contributed by atoms with Crippen LogP contribution in [0.2, 0.25) is 0 Å². The van der Waals surface area contributed by atoms with Gasteiger partial charge in [-0.2, -0.15) is 0 Å². The molecule has 5 heteroatoms. The van der Waals surface area contributed by atoms with Crippen LogP contribution in [0.3, 0.4) is 0 Å². The van der Waals surface area contributed by atoms with Crippen LogP contribution in [0.4, 0.5) is 4.79 Å². The summed E-state index contributed by atoms with van der Waals surface area (Å²) in [6.45, 7) is 0.650. The Bertz CT molecular complexity index is 1110.